The van der Waals surface area contributed by atoms with Gasteiger partial charge >= 0.3 is 0 Å². The minimum absolute atomic E-state index is 0. The Labute approximate surface area is 170 Å². The van der Waals surface area contributed by atoms with Crippen LogP contribution in [0.5, 0.6) is 0 Å². The number of likely N-dealkylation sites (tertiary alicyclic amines) is 1. The first-order valence-electron chi connectivity index (χ1n) is 9.47. The average molecular weight is 465 g/mol. The van der Waals surface area contributed by atoms with E-state index < -0.39 is 0 Å². The minimum Gasteiger partial charge on any atom is -0.355 e. The Kier molecular flexibility index (Phi) is 10.1. The molecule has 2 fully saturated rings. The molecule has 0 aromatic rings. The zero-order valence-electron chi connectivity index (χ0n) is 16.3. The molecule has 0 aromatic heterocycles. The molecule has 1 heterocycles. The number of guanidine groups is 1. The van der Waals surface area contributed by atoms with E-state index in [1.807, 2.05) is 25.8 Å². The van der Waals surface area contributed by atoms with Crippen molar-refractivity contribution in [2.45, 2.75) is 58.0 Å². The lowest BCUT2D eigenvalue weighted by molar-refractivity contribution is -0.133. The number of likely N-dealkylation sites (N-methyl/N-ethyl adjacent to an activating group) is 1. The summed E-state index contributed by atoms with van der Waals surface area (Å²) in [5.74, 6) is 1.17. The Balaban J connectivity index is 0.00000312. The van der Waals surface area contributed by atoms with Crippen LogP contribution in [0.15, 0.2) is 4.99 Å². The van der Waals surface area contributed by atoms with E-state index in [1.54, 1.807) is 0 Å². The molecule has 2 N–H and O–H groups in total. The molecule has 1 amide bonds. The molecule has 0 bridgehead atoms. The van der Waals surface area contributed by atoms with Crippen molar-refractivity contribution in [1.29, 1.82) is 0 Å². The number of nitrogens with zero attached hydrogens (tertiary/aromatic N) is 3. The van der Waals surface area contributed by atoms with Gasteiger partial charge in [-0.2, -0.15) is 0 Å². The fourth-order valence-corrected chi connectivity index (χ4v) is 3.71. The molecule has 0 radical (unpaired) electrons. The van der Waals surface area contributed by atoms with Crippen LogP contribution in [-0.2, 0) is 4.79 Å². The Bertz CT molecular complexity index is 437. The number of carbonyl (C=O) groups excluding carboxylic acids is 1. The van der Waals surface area contributed by atoms with Crippen LogP contribution >= 0.6 is 24.0 Å². The van der Waals surface area contributed by atoms with Crippen molar-refractivity contribution in [2.24, 2.45) is 10.9 Å². The number of hydrogen-bond acceptors (Lipinski definition) is 3. The number of carbonyl (C=O) groups is 1. The van der Waals surface area contributed by atoms with Gasteiger partial charge in [0.1, 0.15) is 0 Å². The normalized spacial score (nSPS) is 21.8. The second-order valence-electron chi connectivity index (χ2n) is 7.49. The topological polar surface area (TPSA) is 60.0 Å². The molecule has 1 aliphatic heterocycles. The van der Waals surface area contributed by atoms with Crippen LogP contribution in [0.25, 0.3) is 0 Å². The monoisotopic (exact) mass is 465 g/mol. The van der Waals surface area contributed by atoms with Crippen LogP contribution in [0.4, 0.5) is 0 Å². The smallest absolute Gasteiger partial charge is 0.225 e. The van der Waals surface area contributed by atoms with Gasteiger partial charge in [0.05, 0.1) is 0 Å². The first kappa shape index (κ1) is 22.5. The van der Waals surface area contributed by atoms with Crippen molar-refractivity contribution in [2.75, 3.05) is 40.3 Å². The lowest BCUT2D eigenvalue weighted by Gasteiger charge is -2.25. The summed E-state index contributed by atoms with van der Waals surface area (Å²) in [6, 6.07) is 1.05. The van der Waals surface area contributed by atoms with E-state index >= 15 is 0 Å². The van der Waals surface area contributed by atoms with Crippen LogP contribution in [-0.4, -0.2) is 74.0 Å². The second-order valence-corrected chi connectivity index (χ2v) is 7.49. The highest BCUT2D eigenvalue weighted by Gasteiger charge is 2.28. The molecular weight excluding hydrogens is 429 g/mol. The van der Waals surface area contributed by atoms with E-state index in [9.17, 15) is 4.79 Å². The fraction of sp³-hybridized carbons (Fsp3) is 0.889. The van der Waals surface area contributed by atoms with E-state index in [0.29, 0.717) is 6.04 Å². The highest BCUT2D eigenvalue weighted by Crippen LogP contribution is 2.21. The number of hydrogen-bond donors (Lipinski definition) is 2. The van der Waals surface area contributed by atoms with E-state index in [1.165, 1.54) is 25.7 Å². The number of aliphatic imine (C=N–C) groups is 1. The number of rotatable bonds is 6. The standard InChI is InChI=1S/C18H35N5O.HI/c1-14(2)17(24)23-11-9-15(13-23)21-18(19-3)20-10-12-22(4)16-7-5-6-8-16;/h14-16H,5-13H2,1-4H3,(H2,19,20,21);1H. The van der Waals surface area contributed by atoms with Gasteiger partial charge in [-0.05, 0) is 26.3 Å². The molecule has 6 nitrogen and oxygen atoms in total. The zero-order valence-corrected chi connectivity index (χ0v) is 18.6. The molecule has 146 valence electrons. The lowest BCUT2D eigenvalue weighted by atomic mass is 10.2. The summed E-state index contributed by atoms with van der Waals surface area (Å²) >= 11 is 0. The Morgan fingerprint density at radius 2 is 1.96 bits per heavy atom. The lowest BCUT2D eigenvalue weighted by Crippen LogP contribution is -2.47. The molecular formula is C18H36IN5O. The molecule has 25 heavy (non-hydrogen) atoms. The predicted molar refractivity (Wildman–Crippen MR) is 115 cm³/mol. The summed E-state index contributed by atoms with van der Waals surface area (Å²) in [6.45, 7) is 7.48. The number of halogens is 1. The SMILES string of the molecule is CN=C(NCCN(C)C1CCCC1)NC1CCN(C(=O)C(C)C)C1.I. The third-order valence-electron chi connectivity index (χ3n) is 5.26. The second kappa shape index (κ2) is 11.2. The van der Waals surface area contributed by atoms with E-state index in [4.69, 9.17) is 0 Å². The van der Waals surface area contributed by atoms with Gasteiger partial charge in [-0.15, -0.1) is 24.0 Å². The number of amides is 1. The predicted octanol–water partition coefficient (Wildman–Crippen LogP) is 1.90. The van der Waals surface area contributed by atoms with Crippen molar-refractivity contribution in [1.82, 2.24) is 20.4 Å². The molecule has 1 atom stereocenters. The quantitative estimate of drug-likeness (QED) is 0.358. The highest BCUT2D eigenvalue weighted by molar-refractivity contribution is 14.0. The summed E-state index contributed by atoms with van der Waals surface area (Å²) in [6.07, 6.45) is 6.41. The van der Waals surface area contributed by atoms with Gasteiger partial charge in [0.15, 0.2) is 5.96 Å². The average Bonchev–Trinajstić information content (AvgIpc) is 3.24. The highest BCUT2D eigenvalue weighted by atomic mass is 127. The number of nitrogens with one attached hydrogen (secondary N) is 2. The maximum absolute atomic E-state index is 12.1. The van der Waals surface area contributed by atoms with Crippen molar-refractivity contribution < 1.29 is 4.79 Å². The minimum atomic E-state index is 0. The van der Waals surface area contributed by atoms with E-state index in [-0.39, 0.29) is 35.8 Å². The Morgan fingerprint density at radius 3 is 2.56 bits per heavy atom. The third-order valence-corrected chi connectivity index (χ3v) is 5.26. The zero-order chi connectivity index (χ0) is 17.5. The van der Waals surface area contributed by atoms with Crippen molar-refractivity contribution >= 4 is 35.8 Å². The maximum Gasteiger partial charge on any atom is 0.225 e. The molecule has 0 aromatic carbocycles. The van der Waals surface area contributed by atoms with E-state index in [0.717, 1.165) is 44.6 Å². The third kappa shape index (κ3) is 6.92. The summed E-state index contributed by atoms with van der Waals surface area (Å²) in [7, 11) is 4.03. The van der Waals surface area contributed by atoms with Crippen molar-refractivity contribution in [3.05, 3.63) is 0 Å². The Morgan fingerprint density at radius 1 is 1.28 bits per heavy atom. The summed E-state index contributed by atoms with van der Waals surface area (Å²) < 4.78 is 0. The van der Waals surface area contributed by atoms with Crippen LogP contribution in [0.2, 0.25) is 0 Å². The van der Waals surface area contributed by atoms with E-state index in [2.05, 4.69) is 27.6 Å². The van der Waals surface area contributed by atoms with Gasteiger partial charge in [-0.1, -0.05) is 26.7 Å². The molecule has 7 heteroatoms. The van der Waals surface area contributed by atoms with Crippen LogP contribution in [0.1, 0.15) is 46.0 Å². The molecule has 1 unspecified atom stereocenters. The van der Waals surface area contributed by atoms with Crippen LogP contribution < -0.4 is 10.6 Å². The van der Waals surface area contributed by atoms with Crippen LogP contribution in [0, 0.1) is 5.92 Å². The first-order chi connectivity index (χ1) is 11.5. The van der Waals surface area contributed by atoms with Gasteiger partial charge in [0.2, 0.25) is 5.91 Å². The Hall–Kier alpha value is -0.570. The molecule has 0 spiro atoms. The largest absolute Gasteiger partial charge is 0.355 e. The molecule has 1 saturated carbocycles. The van der Waals surface area contributed by atoms with Crippen molar-refractivity contribution in [3.63, 3.8) is 0 Å². The van der Waals surface area contributed by atoms with Gasteiger partial charge in [0, 0.05) is 51.2 Å². The fourth-order valence-electron chi connectivity index (χ4n) is 3.71. The summed E-state index contributed by atoms with van der Waals surface area (Å²) in [5.41, 5.74) is 0. The molecule has 2 aliphatic rings. The molecule has 2 rings (SSSR count). The summed E-state index contributed by atoms with van der Waals surface area (Å²) in [4.78, 5) is 20.8. The van der Waals surface area contributed by atoms with Gasteiger partial charge < -0.3 is 20.4 Å². The summed E-state index contributed by atoms with van der Waals surface area (Å²) in [5, 5.41) is 6.87. The van der Waals surface area contributed by atoms with Crippen LogP contribution in [0.3, 0.4) is 0 Å². The van der Waals surface area contributed by atoms with Crippen molar-refractivity contribution in [3.8, 4) is 0 Å². The molecule has 1 aliphatic carbocycles. The van der Waals surface area contributed by atoms with Gasteiger partial charge in [-0.3, -0.25) is 9.79 Å². The first-order valence-corrected chi connectivity index (χ1v) is 9.47. The van der Waals surface area contributed by atoms with Gasteiger partial charge in [-0.25, -0.2) is 0 Å². The maximum atomic E-state index is 12.1. The van der Waals surface area contributed by atoms with Gasteiger partial charge in [0.25, 0.3) is 0 Å². The molecule has 1 saturated heterocycles.